The molecule has 0 bridgehead atoms. The molecule has 3 rings (SSSR count). The van der Waals surface area contributed by atoms with Gasteiger partial charge in [-0.3, -0.25) is 4.79 Å². The summed E-state index contributed by atoms with van der Waals surface area (Å²) in [6.07, 6.45) is 26.3. The van der Waals surface area contributed by atoms with Crippen molar-refractivity contribution in [1.29, 1.82) is 0 Å². The van der Waals surface area contributed by atoms with Crippen molar-refractivity contribution in [2.45, 2.75) is 129 Å². The number of esters is 1. The van der Waals surface area contributed by atoms with Gasteiger partial charge in [0, 0.05) is 24.4 Å². The van der Waals surface area contributed by atoms with E-state index in [1.807, 2.05) is 36.7 Å². The summed E-state index contributed by atoms with van der Waals surface area (Å²) in [6, 6.07) is 7.58. The van der Waals surface area contributed by atoms with Gasteiger partial charge in [0.15, 0.2) is 5.82 Å². The summed E-state index contributed by atoms with van der Waals surface area (Å²) in [7, 11) is 0. The molecule has 0 unspecified atom stereocenters. The molecule has 4 heteroatoms. The molecule has 0 aliphatic heterocycles. The average Bonchev–Trinajstić information content (AvgIpc) is 2.93. The van der Waals surface area contributed by atoms with Crippen LogP contribution in [0.1, 0.15) is 129 Å². The van der Waals surface area contributed by atoms with Gasteiger partial charge in [0.2, 0.25) is 0 Å². The first-order chi connectivity index (χ1) is 18.2. The van der Waals surface area contributed by atoms with E-state index in [2.05, 4.69) is 23.8 Å². The van der Waals surface area contributed by atoms with Gasteiger partial charge in [-0.1, -0.05) is 104 Å². The molecule has 0 spiro atoms. The molecule has 37 heavy (non-hydrogen) atoms. The summed E-state index contributed by atoms with van der Waals surface area (Å²) in [5.74, 6) is 2.79. The van der Waals surface area contributed by atoms with Crippen LogP contribution in [0.25, 0.3) is 11.4 Å². The van der Waals surface area contributed by atoms with Crippen molar-refractivity contribution in [3.63, 3.8) is 0 Å². The van der Waals surface area contributed by atoms with Crippen LogP contribution in [0.15, 0.2) is 36.7 Å². The topological polar surface area (TPSA) is 52.1 Å². The predicted molar refractivity (Wildman–Crippen MR) is 154 cm³/mol. The molecule has 0 saturated heterocycles. The second-order valence-corrected chi connectivity index (χ2v) is 11.2. The largest absolute Gasteiger partial charge is 0.427 e. The van der Waals surface area contributed by atoms with Crippen molar-refractivity contribution in [2.75, 3.05) is 0 Å². The molecule has 2 aromatic rings. The highest BCUT2D eigenvalue weighted by Crippen LogP contribution is 2.34. The van der Waals surface area contributed by atoms with E-state index in [1.165, 1.54) is 102 Å². The lowest BCUT2D eigenvalue weighted by atomic mass is 9.78. The third-order valence-electron chi connectivity index (χ3n) is 8.06. The standard InChI is InChI=1S/C33H50N2O2/c1-3-5-7-9-10-12-14-29-25-34-33(35-26-29)30-20-22-31(23-21-30)37-32(36)24-19-28-17-15-27(16-18-28)13-11-8-6-4-2/h20-23,25-28H,3-19,24H2,1-2H3. The highest BCUT2D eigenvalue weighted by molar-refractivity contribution is 5.72. The van der Waals surface area contributed by atoms with Crippen LogP contribution in [0.2, 0.25) is 0 Å². The maximum Gasteiger partial charge on any atom is 0.311 e. The molecule has 204 valence electrons. The quantitative estimate of drug-likeness (QED) is 0.122. The fourth-order valence-corrected chi connectivity index (χ4v) is 5.59. The van der Waals surface area contributed by atoms with Gasteiger partial charge in [-0.25, -0.2) is 9.97 Å². The Hall–Kier alpha value is -2.23. The number of rotatable bonds is 17. The zero-order chi connectivity index (χ0) is 26.1. The first kappa shape index (κ1) is 29.3. The summed E-state index contributed by atoms with van der Waals surface area (Å²) in [6.45, 7) is 4.53. The van der Waals surface area contributed by atoms with Crippen LogP contribution in [0.5, 0.6) is 5.75 Å². The summed E-state index contributed by atoms with van der Waals surface area (Å²) >= 11 is 0. The number of benzene rings is 1. The van der Waals surface area contributed by atoms with Gasteiger partial charge in [-0.15, -0.1) is 0 Å². The van der Waals surface area contributed by atoms with Crippen LogP contribution in [0.3, 0.4) is 0 Å². The first-order valence-electron chi connectivity index (χ1n) is 15.3. The molecule has 4 nitrogen and oxygen atoms in total. The summed E-state index contributed by atoms with van der Waals surface area (Å²) in [5.41, 5.74) is 2.14. The van der Waals surface area contributed by atoms with Crippen molar-refractivity contribution in [1.82, 2.24) is 9.97 Å². The van der Waals surface area contributed by atoms with Crippen LogP contribution >= 0.6 is 0 Å². The zero-order valence-electron chi connectivity index (χ0n) is 23.6. The van der Waals surface area contributed by atoms with Crippen LogP contribution in [0, 0.1) is 11.8 Å². The number of ether oxygens (including phenoxy) is 1. The molecule has 0 radical (unpaired) electrons. The Bertz CT molecular complexity index is 870. The van der Waals surface area contributed by atoms with Gasteiger partial charge in [-0.2, -0.15) is 0 Å². The van der Waals surface area contributed by atoms with Crippen LogP contribution < -0.4 is 4.74 Å². The van der Waals surface area contributed by atoms with Gasteiger partial charge < -0.3 is 4.74 Å². The Labute approximate surface area is 226 Å². The molecule has 1 heterocycles. The molecule has 1 aliphatic rings. The molecule has 1 aromatic carbocycles. The van der Waals surface area contributed by atoms with Crippen molar-refractivity contribution in [3.8, 4) is 17.1 Å². The van der Waals surface area contributed by atoms with E-state index in [1.54, 1.807) is 0 Å². The van der Waals surface area contributed by atoms with Crippen molar-refractivity contribution < 1.29 is 9.53 Å². The minimum absolute atomic E-state index is 0.121. The monoisotopic (exact) mass is 506 g/mol. The van der Waals surface area contributed by atoms with Crippen molar-refractivity contribution in [2.24, 2.45) is 11.8 Å². The Morgan fingerprint density at radius 2 is 1.32 bits per heavy atom. The molecule has 0 amide bonds. The fraction of sp³-hybridized carbons (Fsp3) is 0.667. The average molecular weight is 507 g/mol. The fourth-order valence-electron chi connectivity index (χ4n) is 5.59. The van der Waals surface area contributed by atoms with Crippen LogP contribution in [-0.4, -0.2) is 15.9 Å². The zero-order valence-corrected chi connectivity index (χ0v) is 23.6. The highest BCUT2D eigenvalue weighted by atomic mass is 16.5. The normalized spacial score (nSPS) is 17.6. The van der Waals surface area contributed by atoms with E-state index in [0.29, 0.717) is 23.9 Å². The van der Waals surface area contributed by atoms with E-state index in [-0.39, 0.29) is 5.97 Å². The smallest absolute Gasteiger partial charge is 0.311 e. The van der Waals surface area contributed by atoms with Gasteiger partial charge in [0.25, 0.3) is 0 Å². The van der Waals surface area contributed by atoms with E-state index in [9.17, 15) is 4.79 Å². The van der Waals surface area contributed by atoms with E-state index >= 15 is 0 Å². The molecule has 1 aliphatic carbocycles. The van der Waals surface area contributed by atoms with Crippen molar-refractivity contribution >= 4 is 5.97 Å². The van der Waals surface area contributed by atoms with E-state index in [0.717, 1.165) is 24.3 Å². The van der Waals surface area contributed by atoms with E-state index < -0.39 is 0 Å². The number of aryl methyl sites for hydroxylation is 1. The molecule has 1 saturated carbocycles. The molecular weight excluding hydrogens is 456 g/mol. The number of unbranched alkanes of at least 4 members (excludes halogenated alkanes) is 8. The van der Waals surface area contributed by atoms with Crippen molar-refractivity contribution in [3.05, 3.63) is 42.2 Å². The number of carbonyl (C=O) groups excluding carboxylic acids is 1. The van der Waals surface area contributed by atoms with Gasteiger partial charge in [0.05, 0.1) is 0 Å². The number of hydrogen-bond donors (Lipinski definition) is 0. The first-order valence-corrected chi connectivity index (χ1v) is 15.3. The van der Waals surface area contributed by atoms with Crippen LogP contribution in [0.4, 0.5) is 0 Å². The lowest BCUT2D eigenvalue weighted by Crippen LogP contribution is -2.17. The Kier molecular flexibility index (Phi) is 13.7. The Balaban J connectivity index is 1.33. The minimum Gasteiger partial charge on any atom is -0.427 e. The maximum absolute atomic E-state index is 12.4. The number of carbonyl (C=O) groups is 1. The molecule has 1 aromatic heterocycles. The molecule has 0 N–H and O–H groups in total. The number of aromatic nitrogens is 2. The Morgan fingerprint density at radius 3 is 1.97 bits per heavy atom. The lowest BCUT2D eigenvalue weighted by Gasteiger charge is -2.28. The number of hydrogen-bond acceptors (Lipinski definition) is 4. The summed E-state index contributed by atoms with van der Waals surface area (Å²) < 4.78 is 5.61. The van der Waals surface area contributed by atoms with Gasteiger partial charge >= 0.3 is 5.97 Å². The predicted octanol–water partition coefficient (Wildman–Crippen LogP) is 9.51. The summed E-state index contributed by atoms with van der Waals surface area (Å²) in [5, 5.41) is 0. The summed E-state index contributed by atoms with van der Waals surface area (Å²) in [4.78, 5) is 21.5. The SMILES string of the molecule is CCCCCCCCc1cnc(-c2ccc(OC(=O)CCC3CCC(CCCCCC)CC3)cc2)nc1. The van der Waals surface area contributed by atoms with Crippen LogP contribution in [-0.2, 0) is 11.2 Å². The minimum atomic E-state index is -0.121. The second kappa shape index (κ2) is 17.3. The second-order valence-electron chi connectivity index (χ2n) is 11.2. The Morgan fingerprint density at radius 1 is 0.757 bits per heavy atom. The van der Waals surface area contributed by atoms with E-state index in [4.69, 9.17) is 4.74 Å². The van der Waals surface area contributed by atoms with Gasteiger partial charge in [0.1, 0.15) is 5.75 Å². The third kappa shape index (κ3) is 11.4. The number of nitrogens with zero attached hydrogens (tertiary/aromatic N) is 2. The molecule has 0 atom stereocenters. The van der Waals surface area contributed by atoms with Gasteiger partial charge in [-0.05, 0) is 60.9 Å². The maximum atomic E-state index is 12.4. The third-order valence-corrected chi connectivity index (χ3v) is 8.06. The lowest BCUT2D eigenvalue weighted by molar-refractivity contribution is -0.134. The molecular formula is C33H50N2O2. The molecule has 1 fully saturated rings. The highest BCUT2D eigenvalue weighted by Gasteiger charge is 2.21.